The first-order valence-electron chi connectivity index (χ1n) is 7.75. The largest absolute Gasteiger partial charge is 0.394 e. The minimum absolute atomic E-state index is 0.0193. The van der Waals surface area contributed by atoms with E-state index in [2.05, 4.69) is 48.3 Å². The lowest BCUT2D eigenvalue weighted by molar-refractivity contribution is 0.163. The van der Waals surface area contributed by atoms with Crippen molar-refractivity contribution < 1.29 is 5.11 Å². The predicted molar refractivity (Wildman–Crippen MR) is 86.1 cm³/mol. The lowest BCUT2D eigenvalue weighted by Gasteiger charge is -2.28. The minimum atomic E-state index is 0.0193. The van der Waals surface area contributed by atoms with Crippen molar-refractivity contribution in [1.82, 2.24) is 5.32 Å². The molecule has 0 amide bonds. The summed E-state index contributed by atoms with van der Waals surface area (Å²) in [6.07, 6.45) is 6.07. The first-order chi connectivity index (χ1) is 9.69. The van der Waals surface area contributed by atoms with Crippen molar-refractivity contribution >= 4 is 11.8 Å². The number of aryl methyl sites for hydroxylation is 1. The van der Waals surface area contributed by atoms with E-state index in [9.17, 15) is 5.11 Å². The molecule has 2 aliphatic carbocycles. The topological polar surface area (TPSA) is 32.3 Å². The summed E-state index contributed by atoms with van der Waals surface area (Å²) in [5, 5.41) is 14.1. The lowest BCUT2D eigenvalue weighted by atomic mass is 9.99. The zero-order chi connectivity index (χ0) is 14.0. The summed E-state index contributed by atoms with van der Waals surface area (Å²) in [6.45, 7) is 2.45. The molecule has 0 aliphatic heterocycles. The van der Waals surface area contributed by atoms with Gasteiger partial charge in [-0.1, -0.05) is 29.8 Å². The third-order valence-corrected chi connectivity index (χ3v) is 5.90. The standard InChI is InChI=1S/C17H25NOS/c1-13-3-2-4-14(9-13)11-20-16-7-8-17(10-16,12-19)18-15-5-6-15/h2-4,9,15-16,18-19H,5-8,10-12H2,1H3. The molecule has 1 aromatic rings. The van der Waals surface area contributed by atoms with Gasteiger partial charge in [0.05, 0.1) is 6.61 Å². The molecule has 0 bridgehead atoms. The van der Waals surface area contributed by atoms with Crippen molar-refractivity contribution in [3.63, 3.8) is 0 Å². The Morgan fingerprint density at radius 3 is 2.90 bits per heavy atom. The van der Waals surface area contributed by atoms with Crippen LogP contribution in [0, 0.1) is 6.92 Å². The van der Waals surface area contributed by atoms with Gasteiger partial charge in [0.25, 0.3) is 0 Å². The summed E-state index contributed by atoms with van der Waals surface area (Å²) < 4.78 is 0. The van der Waals surface area contributed by atoms with Crippen LogP contribution in [0.5, 0.6) is 0 Å². The van der Waals surface area contributed by atoms with Gasteiger partial charge in [-0.25, -0.2) is 0 Å². The fourth-order valence-corrected chi connectivity index (χ4v) is 4.55. The van der Waals surface area contributed by atoms with E-state index in [1.54, 1.807) is 0 Å². The summed E-state index contributed by atoms with van der Waals surface area (Å²) in [6, 6.07) is 9.48. The predicted octanol–water partition coefficient (Wildman–Crippen LogP) is 3.26. The maximum absolute atomic E-state index is 9.76. The maximum Gasteiger partial charge on any atom is 0.0613 e. The molecule has 2 unspecified atom stereocenters. The number of nitrogens with one attached hydrogen (secondary N) is 1. The quantitative estimate of drug-likeness (QED) is 0.844. The maximum atomic E-state index is 9.76. The molecule has 0 spiro atoms. The van der Waals surface area contributed by atoms with E-state index in [4.69, 9.17) is 0 Å². The van der Waals surface area contributed by atoms with Crippen molar-refractivity contribution in [1.29, 1.82) is 0 Å². The molecule has 3 heteroatoms. The number of thioether (sulfide) groups is 1. The third-order valence-electron chi connectivity index (χ3n) is 4.52. The van der Waals surface area contributed by atoms with E-state index < -0.39 is 0 Å². The Balaban J connectivity index is 1.51. The molecule has 2 atom stereocenters. The summed E-state index contributed by atoms with van der Waals surface area (Å²) in [5.74, 6) is 1.09. The highest BCUT2D eigenvalue weighted by Crippen LogP contribution is 2.40. The Morgan fingerprint density at radius 1 is 1.35 bits per heavy atom. The molecular weight excluding hydrogens is 266 g/mol. The van der Waals surface area contributed by atoms with Crippen molar-refractivity contribution in [2.24, 2.45) is 0 Å². The zero-order valence-electron chi connectivity index (χ0n) is 12.3. The van der Waals surface area contributed by atoms with E-state index in [0.717, 1.165) is 18.6 Å². The summed E-state index contributed by atoms with van der Waals surface area (Å²) in [7, 11) is 0. The number of hydrogen-bond donors (Lipinski definition) is 2. The van der Waals surface area contributed by atoms with Crippen LogP contribution in [0.25, 0.3) is 0 Å². The second kappa shape index (κ2) is 6.08. The van der Waals surface area contributed by atoms with Crippen LogP contribution >= 0.6 is 11.8 Å². The van der Waals surface area contributed by atoms with E-state index in [0.29, 0.717) is 17.9 Å². The van der Waals surface area contributed by atoms with Crippen LogP contribution in [0.15, 0.2) is 24.3 Å². The molecule has 2 aliphatic rings. The molecule has 2 N–H and O–H groups in total. The van der Waals surface area contributed by atoms with Gasteiger partial charge in [-0.3, -0.25) is 0 Å². The van der Waals surface area contributed by atoms with Gasteiger partial charge in [0.15, 0.2) is 0 Å². The molecular formula is C17H25NOS. The Morgan fingerprint density at radius 2 is 2.20 bits per heavy atom. The van der Waals surface area contributed by atoms with Crippen LogP contribution in [0.4, 0.5) is 0 Å². The summed E-state index contributed by atoms with van der Waals surface area (Å²) in [4.78, 5) is 0. The SMILES string of the molecule is Cc1cccc(CSC2CCC(CO)(NC3CC3)C2)c1. The van der Waals surface area contributed by atoms with Crippen LogP contribution < -0.4 is 5.32 Å². The first-order valence-corrected chi connectivity index (χ1v) is 8.80. The van der Waals surface area contributed by atoms with Crippen LogP contribution in [0.1, 0.15) is 43.2 Å². The Bertz CT molecular complexity index is 460. The summed E-state index contributed by atoms with van der Waals surface area (Å²) in [5.41, 5.74) is 2.78. The second-order valence-electron chi connectivity index (χ2n) is 6.52. The smallest absolute Gasteiger partial charge is 0.0613 e. The number of benzene rings is 1. The fourth-order valence-electron chi connectivity index (χ4n) is 3.22. The van der Waals surface area contributed by atoms with E-state index in [1.807, 2.05) is 0 Å². The minimum Gasteiger partial charge on any atom is -0.394 e. The Hall–Kier alpha value is -0.510. The molecule has 2 fully saturated rings. The lowest BCUT2D eigenvalue weighted by Crippen LogP contribution is -2.47. The first kappa shape index (κ1) is 14.4. The van der Waals surface area contributed by atoms with Crippen LogP contribution in [0.2, 0.25) is 0 Å². The van der Waals surface area contributed by atoms with Crippen LogP contribution in [-0.2, 0) is 5.75 Å². The number of rotatable bonds is 6. The van der Waals surface area contributed by atoms with Crippen molar-refractivity contribution in [2.45, 2.75) is 61.6 Å². The van der Waals surface area contributed by atoms with E-state index >= 15 is 0 Å². The van der Waals surface area contributed by atoms with Crippen LogP contribution in [-0.4, -0.2) is 28.5 Å². The molecule has 20 heavy (non-hydrogen) atoms. The monoisotopic (exact) mass is 291 g/mol. The normalized spacial score (nSPS) is 29.8. The highest BCUT2D eigenvalue weighted by Gasteiger charge is 2.41. The highest BCUT2D eigenvalue weighted by molar-refractivity contribution is 7.99. The number of aliphatic hydroxyl groups excluding tert-OH is 1. The van der Waals surface area contributed by atoms with Gasteiger partial charge < -0.3 is 10.4 Å². The number of aliphatic hydroxyl groups is 1. The van der Waals surface area contributed by atoms with Gasteiger partial charge in [-0.2, -0.15) is 11.8 Å². The second-order valence-corrected chi connectivity index (χ2v) is 7.81. The van der Waals surface area contributed by atoms with Crippen LogP contribution in [0.3, 0.4) is 0 Å². The third kappa shape index (κ3) is 3.57. The van der Waals surface area contributed by atoms with Gasteiger partial charge >= 0.3 is 0 Å². The Kier molecular flexibility index (Phi) is 4.39. The van der Waals surface area contributed by atoms with Gasteiger partial charge in [0.1, 0.15) is 0 Å². The average molecular weight is 291 g/mol. The highest BCUT2D eigenvalue weighted by atomic mass is 32.2. The van der Waals surface area contributed by atoms with Gasteiger partial charge in [-0.05, 0) is 44.6 Å². The molecule has 2 saturated carbocycles. The van der Waals surface area contributed by atoms with E-state index in [-0.39, 0.29) is 5.54 Å². The molecule has 2 nitrogen and oxygen atoms in total. The molecule has 110 valence electrons. The molecule has 0 radical (unpaired) electrons. The van der Waals surface area contributed by atoms with Crippen molar-refractivity contribution in [3.05, 3.63) is 35.4 Å². The fraction of sp³-hybridized carbons (Fsp3) is 0.647. The Labute approximate surface area is 126 Å². The summed E-state index contributed by atoms with van der Waals surface area (Å²) >= 11 is 2.06. The van der Waals surface area contributed by atoms with E-state index in [1.165, 1.54) is 30.4 Å². The van der Waals surface area contributed by atoms with Gasteiger partial charge in [0, 0.05) is 22.6 Å². The number of hydrogen-bond acceptors (Lipinski definition) is 3. The molecule has 0 saturated heterocycles. The molecule has 1 aromatic carbocycles. The molecule has 0 heterocycles. The van der Waals surface area contributed by atoms with Gasteiger partial charge in [-0.15, -0.1) is 0 Å². The molecule has 0 aromatic heterocycles. The molecule has 3 rings (SSSR count). The van der Waals surface area contributed by atoms with Gasteiger partial charge in [0.2, 0.25) is 0 Å². The van der Waals surface area contributed by atoms with Crippen molar-refractivity contribution in [2.75, 3.05) is 6.61 Å². The van der Waals surface area contributed by atoms with Crippen molar-refractivity contribution in [3.8, 4) is 0 Å². The zero-order valence-corrected chi connectivity index (χ0v) is 13.1. The average Bonchev–Trinajstić information content (AvgIpc) is 3.16.